The molecule has 0 radical (unpaired) electrons. The van der Waals surface area contributed by atoms with E-state index in [4.69, 9.17) is 16.9 Å². The number of halogens is 1. The van der Waals surface area contributed by atoms with Gasteiger partial charge in [-0.3, -0.25) is 0 Å². The molecule has 0 unspecified atom stereocenters. The van der Waals surface area contributed by atoms with Crippen molar-refractivity contribution in [1.29, 1.82) is 5.26 Å². The highest BCUT2D eigenvalue weighted by molar-refractivity contribution is 6.30. The van der Waals surface area contributed by atoms with Crippen molar-refractivity contribution in [1.82, 2.24) is 4.98 Å². The first-order chi connectivity index (χ1) is 7.15. The smallest absolute Gasteiger partial charge is 0.147 e. The molecule has 0 N–H and O–H groups in total. The summed E-state index contributed by atoms with van der Waals surface area (Å²) in [5.41, 5.74) is 4.06. The van der Waals surface area contributed by atoms with Gasteiger partial charge in [0, 0.05) is 5.69 Å². The van der Waals surface area contributed by atoms with E-state index < -0.39 is 0 Å². The Kier molecular flexibility index (Phi) is 2.67. The van der Waals surface area contributed by atoms with E-state index in [-0.39, 0.29) is 0 Å². The van der Waals surface area contributed by atoms with Crippen molar-refractivity contribution in [3.63, 3.8) is 0 Å². The van der Waals surface area contributed by atoms with Crippen molar-refractivity contribution in [3.8, 4) is 6.07 Å². The summed E-state index contributed by atoms with van der Waals surface area (Å²) >= 11 is 6.02. The van der Waals surface area contributed by atoms with Crippen LogP contribution in [0.4, 0.5) is 0 Å². The van der Waals surface area contributed by atoms with Gasteiger partial charge in [-0.25, -0.2) is 4.98 Å². The zero-order chi connectivity index (χ0) is 11.0. The van der Waals surface area contributed by atoms with Crippen LogP contribution in [0, 0.1) is 11.3 Å². The van der Waals surface area contributed by atoms with Gasteiger partial charge < -0.3 is 0 Å². The van der Waals surface area contributed by atoms with Gasteiger partial charge in [0.1, 0.15) is 11.2 Å². The predicted molar refractivity (Wildman–Crippen MR) is 60.1 cm³/mol. The lowest BCUT2D eigenvalue weighted by atomic mass is 9.93. The molecule has 0 amide bonds. The molecule has 0 fully saturated rings. The maximum absolute atomic E-state index is 9.10. The Morgan fingerprint density at radius 2 is 2.13 bits per heavy atom. The van der Waals surface area contributed by atoms with Gasteiger partial charge in [0.2, 0.25) is 0 Å². The van der Waals surface area contributed by atoms with Crippen LogP contribution in [0.3, 0.4) is 0 Å². The Morgan fingerprint density at radius 3 is 2.73 bits per heavy atom. The first-order valence-corrected chi connectivity index (χ1v) is 5.64. The molecule has 2 nitrogen and oxygen atoms in total. The maximum Gasteiger partial charge on any atom is 0.147 e. The summed E-state index contributed by atoms with van der Waals surface area (Å²) in [4.78, 5) is 4.31. The third-order valence-electron chi connectivity index (χ3n) is 2.91. The molecule has 0 saturated heterocycles. The SMILES string of the molecule is CC(C)c1c(C#N)c(Cl)nc2c1CCC2. The van der Waals surface area contributed by atoms with Gasteiger partial charge in [0.15, 0.2) is 0 Å². The second-order valence-electron chi connectivity index (χ2n) is 4.24. The van der Waals surface area contributed by atoms with Crippen molar-refractivity contribution in [3.05, 3.63) is 27.5 Å². The number of aromatic nitrogens is 1. The minimum Gasteiger partial charge on any atom is -0.239 e. The number of hydrogen-bond acceptors (Lipinski definition) is 2. The fourth-order valence-electron chi connectivity index (χ4n) is 2.32. The number of nitrogens with zero attached hydrogens (tertiary/aromatic N) is 2. The van der Waals surface area contributed by atoms with Gasteiger partial charge in [-0.2, -0.15) is 5.26 Å². The number of hydrogen-bond donors (Lipinski definition) is 0. The van der Waals surface area contributed by atoms with Crippen LogP contribution in [0.5, 0.6) is 0 Å². The summed E-state index contributed by atoms with van der Waals surface area (Å²) in [7, 11) is 0. The monoisotopic (exact) mass is 220 g/mol. The molecule has 0 aromatic carbocycles. The number of nitriles is 1. The van der Waals surface area contributed by atoms with E-state index in [2.05, 4.69) is 24.9 Å². The van der Waals surface area contributed by atoms with Gasteiger partial charge in [0.05, 0.1) is 5.56 Å². The van der Waals surface area contributed by atoms with Crippen LogP contribution in [0.25, 0.3) is 0 Å². The van der Waals surface area contributed by atoms with E-state index in [9.17, 15) is 0 Å². The molecule has 1 heterocycles. The summed E-state index contributed by atoms with van der Waals surface area (Å²) in [5.74, 6) is 0.340. The Balaban J connectivity index is 2.73. The maximum atomic E-state index is 9.10. The van der Waals surface area contributed by atoms with Crippen LogP contribution in [0.2, 0.25) is 5.15 Å². The molecule has 15 heavy (non-hydrogen) atoms. The third kappa shape index (κ3) is 1.61. The second-order valence-corrected chi connectivity index (χ2v) is 4.59. The first kappa shape index (κ1) is 10.4. The fourth-order valence-corrected chi connectivity index (χ4v) is 2.57. The standard InChI is InChI=1S/C12H13ClN2/c1-7(2)11-8-4-3-5-10(8)15-12(13)9(11)6-14/h7H,3-5H2,1-2H3. The van der Waals surface area contributed by atoms with Crippen LogP contribution in [0.15, 0.2) is 0 Å². The minimum absolute atomic E-state index is 0.340. The highest BCUT2D eigenvalue weighted by Gasteiger charge is 2.23. The van der Waals surface area contributed by atoms with Crippen LogP contribution in [-0.4, -0.2) is 4.98 Å². The van der Waals surface area contributed by atoms with Crippen molar-refractivity contribution in [2.45, 2.75) is 39.0 Å². The van der Waals surface area contributed by atoms with Crippen LogP contribution in [-0.2, 0) is 12.8 Å². The number of pyridine rings is 1. The summed E-state index contributed by atoms with van der Waals surface area (Å²) in [6, 6.07) is 2.18. The molecular weight excluding hydrogens is 208 g/mol. The molecule has 0 spiro atoms. The molecule has 1 aromatic heterocycles. The van der Waals surface area contributed by atoms with Crippen molar-refractivity contribution < 1.29 is 0 Å². The lowest BCUT2D eigenvalue weighted by molar-refractivity contribution is 0.833. The van der Waals surface area contributed by atoms with Gasteiger partial charge in [0.25, 0.3) is 0 Å². The van der Waals surface area contributed by atoms with Crippen LogP contribution in [0.1, 0.15) is 48.6 Å². The molecule has 0 saturated carbocycles. The number of fused-ring (bicyclic) bond motifs is 1. The Morgan fingerprint density at radius 1 is 1.40 bits per heavy atom. The van der Waals surface area contributed by atoms with Gasteiger partial charge >= 0.3 is 0 Å². The molecule has 78 valence electrons. The topological polar surface area (TPSA) is 36.7 Å². The molecule has 0 bridgehead atoms. The molecule has 3 heteroatoms. The lowest BCUT2D eigenvalue weighted by Gasteiger charge is -2.14. The van der Waals surface area contributed by atoms with Crippen molar-refractivity contribution >= 4 is 11.6 Å². The predicted octanol–water partition coefficient (Wildman–Crippen LogP) is 3.22. The Bertz CT molecular complexity index is 443. The van der Waals surface area contributed by atoms with E-state index in [0.29, 0.717) is 16.6 Å². The summed E-state index contributed by atoms with van der Waals surface area (Å²) in [6.45, 7) is 4.20. The summed E-state index contributed by atoms with van der Waals surface area (Å²) in [5, 5.41) is 9.48. The van der Waals surface area contributed by atoms with Gasteiger partial charge in [-0.05, 0) is 36.3 Å². The lowest BCUT2D eigenvalue weighted by Crippen LogP contribution is -2.03. The van der Waals surface area contributed by atoms with Gasteiger partial charge in [-0.1, -0.05) is 25.4 Å². The van der Waals surface area contributed by atoms with E-state index in [1.54, 1.807) is 0 Å². The molecular formula is C12H13ClN2. The highest BCUT2D eigenvalue weighted by Crippen LogP contribution is 2.34. The largest absolute Gasteiger partial charge is 0.239 e. The van der Waals surface area contributed by atoms with Crippen LogP contribution < -0.4 is 0 Å². The summed E-state index contributed by atoms with van der Waals surface area (Å²) < 4.78 is 0. The van der Waals surface area contributed by atoms with Crippen molar-refractivity contribution in [2.75, 3.05) is 0 Å². The zero-order valence-electron chi connectivity index (χ0n) is 8.97. The quantitative estimate of drug-likeness (QED) is 0.682. The molecule has 2 rings (SSSR count). The normalized spacial score (nSPS) is 14.1. The molecule has 1 aliphatic carbocycles. The first-order valence-electron chi connectivity index (χ1n) is 5.26. The highest BCUT2D eigenvalue weighted by atomic mass is 35.5. The van der Waals surface area contributed by atoms with E-state index >= 15 is 0 Å². The molecule has 0 atom stereocenters. The van der Waals surface area contributed by atoms with E-state index in [1.165, 1.54) is 5.56 Å². The number of rotatable bonds is 1. The number of aryl methyl sites for hydroxylation is 1. The average Bonchev–Trinajstić information content (AvgIpc) is 2.62. The average molecular weight is 221 g/mol. The Labute approximate surface area is 94.9 Å². The van der Waals surface area contributed by atoms with Crippen molar-refractivity contribution in [2.24, 2.45) is 0 Å². The fraction of sp³-hybridized carbons (Fsp3) is 0.500. The minimum atomic E-state index is 0.340. The van der Waals surface area contributed by atoms with E-state index in [1.807, 2.05) is 0 Å². The van der Waals surface area contributed by atoms with Gasteiger partial charge in [-0.15, -0.1) is 0 Å². The second kappa shape index (κ2) is 3.83. The summed E-state index contributed by atoms with van der Waals surface area (Å²) in [6.07, 6.45) is 3.18. The molecule has 1 aliphatic rings. The zero-order valence-corrected chi connectivity index (χ0v) is 9.73. The Hall–Kier alpha value is -1.07. The van der Waals surface area contributed by atoms with Crippen LogP contribution >= 0.6 is 11.6 Å². The molecule has 1 aromatic rings. The van der Waals surface area contributed by atoms with E-state index in [0.717, 1.165) is 30.5 Å². The third-order valence-corrected chi connectivity index (χ3v) is 3.19. The molecule has 0 aliphatic heterocycles.